The van der Waals surface area contributed by atoms with Crippen molar-refractivity contribution < 1.29 is 9.47 Å². The van der Waals surface area contributed by atoms with E-state index in [1.165, 1.54) is 55.5 Å². The van der Waals surface area contributed by atoms with Crippen molar-refractivity contribution in [3.05, 3.63) is 65.2 Å². The first kappa shape index (κ1) is 20.1. The van der Waals surface area contributed by atoms with Crippen LogP contribution in [0, 0.1) is 11.8 Å². The third kappa shape index (κ3) is 3.78. The molecule has 1 heterocycles. The molecular weight excluding hydrogens is 370 g/mol. The Morgan fingerprint density at radius 3 is 2.70 bits per heavy atom. The molecule has 3 nitrogen and oxygen atoms in total. The largest absolute Gasteiger partial charge is 0.497 e. The fraction of sp³-hybridized carbons (Fsp3) is 0.556. The second kappa shape index (κ2) is 8.36. The molecule has 160 valence electrons. The number of fused-ring (bicyclic) bond motifs is 4. The van der Waals surface area contributed by atoms with Crippen LogP contribution in [-0.2, 0) is 23.2 Å². The zero-order chi connectivity index (χ0) is 20.6. The summed E-state index contributed by atoms with van der Waals surface area (Å²) in [5, 5.41) is 0. The van der Waals surface area contributed by atoms with Crippen molar-refractivity contribution in [3.8, 4) is 5.75 Å². The van der Waals surface area contributed by atoms with E-state index in [0.717, 1.165) is 24.7 Å². The highest BCUT2D eigenvalue weighted by molar-refractivity contribution is 5.45. The van der Waals surface area contributed by atoms with Gasteiger partial charge in [-0.05, 0) is 79.3 Å². The molecule has 5 rings (SSSR count). The van der Waals surface area contributed by atoms with Gasteiger partial charge in [0.25, 0.3) is 0 Å². The van der Waals surface area contributed by atoms with Crippen LogP contribution in [0.4, 0.5) is 0 Å². The Kier molecular flexibility index (Phi) is 5.59. The number of benzene rings is 2. The van der Waals surface area contributed by atoms with Crippen LogP contribution >= 0.6 is 0 Å². The summed E-state index contributed by atoms with van der Waals surface area (Å²) in [4.78, 5) is 2.82. The molecule has 0 aromatic heterocycles. The van der Waals surface area contributed by atoms with Crippen molar-refractivity contribution in [2.45, 2.75) is 57.1 Å². The van der Waals surface area contributed by atoms with Crippen LogP contribution in [0.1, 0.15) is 49.3 Å². The minimum atomic E-state index is 0.198. The van der Waals surface area contributed by atoms with E-state index in [1.54, 1.807) is 7.11 Å². The van der Waals surface area contributed by atoms with Gasteiger partial charge in [-0.1, -0.05) is 43.3 Å². The number of ether oxygens (including phenoxy) is 2. The molecule has 0 spiro atoms. The third-order valence-electron chi connectivity index (χ3n) is 8.04. The van der Waals surface area contributed by atoms with Gasteiger partial charge in [-0.2, -0.15) is 0 Å². The van der Waals surface area contributed by atoms with Gasteiger partial charge in [0.15, 0.2) is 0 Å². The summed E-state index contributed by atoms with van der Waals surface area (Å²) in [6, 6.07) is 18.0. The standard InChI is InChI=1S/C27H35NO2/c1-20-26-16-23-10-11-24(29-2)17-25(23)27(20,12-14-28(26)18-21-8-9-21)13-15-30-19-22-6-4-3-5-7-22/h3-7,10-11,17,20-21,26H,8-9,12-16,18-19H2,1-2H3/t20-,26+,27-/m1/s1. The first-order valence-corrected chi connectivity index (χ1v) is 11.7. The van der Waals surface area contributed by atoms with E-state index in [2.05, 4.69) is 60.4 Å². The summed E-state index contributed by atoms with van der Waals surface area (Å²) in [5.41, 5.74) is 4.51. The highest BCUT2D eigenvalue weighted by Gasteiger charge is 2.51. The maximum absolute atomic E-state index is 6.19. The second-order valence-corrected chi connectivity index (χ2v) is 9.72. The maximum Gasteiger partial charge on any atom is 0.119 e. The van der Waals surface area contributed by atoms with Gasteiger partial charge in [-0.3, -0.25) is 4.90 Å². The molecule has 2 aromatic rings. The number of hydrogen-bond acceptors (Lipinski definition) is 3. The van der Waals surface area contributed by atoms with E-state index in [4.69, 9.17) is 9.47 Å². The van der Waals surface area contributed by atoms with E-state index in [9.17, 15) is 0 Å². The summed E-state index contributed by atoms with van der Waals surface area (Å²) in [6.45, 7) is 6.55. The number of piperidine rings is 1. The van der Waals surface area contributed by atoms with Crippen molar-refractivity contribution >= 4 is 0 Å². The topological polar surface area (TPSA) is 21.7 Å². The third-order valence-corrected chi connectivity index (χ3v) is 8.04. The van der Waals surface area contributed by atoms with E-state index in [1.807, 2.05) is 0 Å². The smallest absolute Gasteiger partial charge is 0.119 e. The van der Waals surface area contributed by atoms with E-state index in [-0.39, 0.29) is 5.41 Å². The second-order valence-electron chi connectivity index (χ2n) is 9.72. The first-order chi connectivity index (χ1) is 14.7. The Labute approximate surface area is 181 Å². The van der Waals surface area contributed by atoms with Crippen molar-refractivity contribution in [1.82, 2.24) is 4.90 Å². The summed E-state index contributed by atoms with van der Waals surface area (Å²) in [7, 11) is 1.78. The van der Waals surface area contributed by atoms with Crippen molar-refractivity contribution in [2.75, 3.05) is 26.8 Å². The van der Waals surface area contributed by atoms with Crippen LogP contribution < -0.4 is 4.74 Å². The zero-order valence-electron chi connectivity index (χ0n) is 18.5. The molecule has 2 bridgehead atoms. The molecule has 3 heteroatoms. The summed E-state index contributed by atoms with van der Waals surface area (Å²) in [6.07, 6.45) is 6.37. The SMILES string of the molecule is COc1ccc2c(c1)[C@@]1(CCOCc3ccccc3)CCN(CC3CC3)[C@@H](C2)[C@H]1C. The quantitative estimate of drug-likeness (QED) is 0.562. The molecule has 2 fully saturated rings. The molecule has 1 aliphatic heterocycles. The van der Waals surface area contributed by atoms with Gasteiger partial charge in [0.1, 0.15) is 5.75 Å². The molecular formula is C27H35NO2. The lowest BCUT2D eigenvalue weighted by molar-refractivity contribution is -0.00214. The van der Waals surface area contributed by atoms with Crippen LogP contribution in [-0.4, -0.2) is 37.7 Å². The maximum atomic E-state index is 6.19. The van der Waals surface area contributed by atoms with E-state index in [0.29, 0.717) is 18.6 Å². The number of rotatable bonds is 8. The van der Waals surface area contributed by atoms with Gasteiger partial charge >= 0.3 is 0 Å². The average Bonchev–Trinajstić information content (AvgIpc) is 3.59. The normalized spacial score (nSPS) is 28.2. The Morgan fingerprint density at radius 2 is 1.93 bits per heavy atom. The number of hydrogen-bond donors (Lipinski definition) is 0. The highest BCUT2D eigenvalue weighted by atomic mass is 16.5. The van der Waals surface area contributed by atoms with Gasteiger partial charge in [0, 0.05) is 24.6 Å². The van der Waals surface area contributed by atoms with Gasteiger partial charge in [0.2, 0.25) is 0 Å². The fourth-order valence-corrected chi connectivity index (χ4v) is 6.02. The number of likely N-dealkylation sites (tertiary alicyclic amines) is 1. The van der Waals surface area contributed by atoms with Crippen molar-refractivity contribution in [1.29, 1.82) is 0 Å². The molecule has 0 N–H and O–H groups in total. The molecule has 3 atom stereocenters. The van der Waals surface area contributed by atoms with Gasteiger partial charge < -0.3 is 9.47 Å². The van der Waals surface area contributed by atoms with E-state index < -0.39 is 0 Å². The van der Waals surface area contributed by atoms with Gasteiger partial charge in [-0.25, -0.2) is 0 Å². The fourth-order valence-electron chi connectivity index (χ4n) is 6.02. The van der Waals surface area contributed by atoms with Crippen LogP contribution in [0.3, 0.4) is 0 Å². The number of methoxy groups -OCH3 is 1. The minimum absolute atomic E-state index is 0.198. The lowest BCUT2D eigenvalue weighted by Crippen LogP contribution is -2.59. The molecule has 0 radical (unpaired) electrons. The van der Waals surface area contributed by atoms with Crippen LogP contribution in [0.25, 0.3) is 0 Å². The molecule has 3 aliphatic rings. The molecule has 30 heavy (non-hydrogen) atoms. The molecule has 0 unspecified atom stereocenters. The predicted octanol–water partition coefficient (Wildman–Crippen LogP) is 5.22. The summed E-state index contributed by atoms with van der Waals surface area (Å²) < 4.78 is 11.8. The lowest BCUT2D eigenvalue weighted by Gasteiger charge is -2.56. The Bertz CT molecular complexity index is 862. The molecule has 1 saturated heterocycles. The molecule has 2 aliphatic carbocycles. The summed E-state index contributed by atoms with van der Waals surface area (Å²) in [5.74, 6) is 2.59. The van der Waals surface area contributed by atoms with Crippen molar-refractivity contribution in [3.63, 3.8) is 0 Å². The lowest BCUT2D eigenvalue weighted by atomic mass is 9.56. The van der Waals surface area contributed by atoms with E-state index >= 15 is 0 Å². The minimum Gasteiger partial charge on any atom is -0.497 e. The van der Waals surface area contributed by atoms with Crippen LogP contribution in [0.15, 0.2) is 48.5 Å². The highest BCUT2D eigenvalue weighted by Crippen LogP contribution is 2.52. The Morgan fingerprint density at radius 1 is 1.10 bits per heavy atom. The van der Waals surface area contributed by atoms with Gasteiger partial charge in [0.05, 0.1) is 13.7 Å². The molecule has 0 amide bonds. The molecule has 2 aromatic carbocycles. The van der Waals surface area contributed by atoms with Crippen LogP contribution in [0.2, 0.25) is 0 Å². The zero-order valence-corrected chi connectivity index (χ0v) is 18.5. The average molecular weight is 406 g/mol. The Balaban J connectivity index is 1.37. The number of nitrogens with zero attached hydrogens (tertiary/aromatic N) is 1. The predicted molar refractivity (Wildman–Crippen MR) is 121 cm³/mol. The summed E-state index contributed by atoms with van der Waals surface area (Å²) >= 11 is 0. The van der Waals surface area contributed by atoms with Gasteiger partial charge in [-0.15, -0.1) is 0 Å². The van der Waals surface area contributed by atoms with Crippen LogP contribution in [0.5, 0.6) is 5.75 Å². The monoisotopic (exact) mass is 405 g/mol. The molecule has 1 saturated carbocycles. The van der Waals surface area contributed by atoms with Crippen molar-refractivity contribution in [2.24, 2.45) is 11.8 Å². The first-order valence-electron chi connectivity index (χ1n) is 11.7. The Hall–Kier alpha value is -1.84.